The molecule has 9 heteroatoms. The molecule has 248 valence electrons. The molecule has 5 unspecified atom stereocenters. The van der Waals surface area contributed by atoms with Gasteiger partial charge in [-0.25, -0.2) is 8.42 Å². The second-order valence-electron chi connectivity index (χ2n) is 17.2. The maximum Gasteiger partial charge on any atom is 0.216 e. The van der Waals surface area contributed by atoms with Crippen LogP contribution in [0.5, 0.6) is 0 Å². The molecule has 2 heterocycles. The number of nitrogens with zero attached hydrogens (tertiary/aromatic N) is 1. The van der Waals surface area contributed by atoms with E-state index in [0.29, 0.717) is 25.4 Å². The molecule has 4 aliphatic carbocycles. The SMILES string of the molecule is Cc1cccc(C)c1C1CC2NC(N1)NS(=O)(=O)C1CCCC(C1)CN(CC13CC(C(C)(C)O)(C1)C3)[C@H](CC(C)(C)C)CO2. The van der Waals surface area contributed by atoms with Gasteiger partial charge in [-0.05, 0) is 106 Å². The molecule has 1 aromatic carbocycles. The molecule has 2 aliphatic heterocycles. The van der Waals surface area contributed by atoms with Crippen LogP contribution in [0.25, 0.3) is 0 Å². The molecule has 6 aliphatic rings. The lowest BCUT2D eigenvalue weighted by Gasteiger charge is -2.75. The Morgan fingerprint density at radius 3 is 2.34 bits per heavy atom. The van der Waals surface area contributed by atoms with Gasteiger partial charge in [0.05, 0.1) is 17.5 Å². The summed E-state index contributed by atoms with van der Waals surface area (Å²) in [6.45, 7) is 17.7. The summed E-state index contributed by atoms with van der Waals surface area (Å²) in [5, 5.41) is 17.6. The number of fused-ring (bicyclic) bond motifs is 4. The van der Waals surface area contributed by atoms with E-state index in [2.05, 4.69) is 73.1 Å². The number of rotatable bonds is 5. The van der Waals surface area contributed by atoms with Crippen LogP contribution in [0.2, 0.25) is 0 Å². The van der Waals surface area contributed by atoms with Crippen molar-refractivity contribution >= 4 is 10.0 Å². The van der Waals surface area contributed by atoms with Gasteiger partial charge in [0.15, 0.2) is 0 Å². The Labute approximate surface area is 266 Å². The summed E-state index contributed by atoms with van der Waals surface area (Å²) in [6.07, 6.45) is 7.54. The summed E-state index contributed by atoms with van der Waals surface area (Å²) < 4.78 is 37.6. The Bertz CT molecular complexity index is 1280. The molecule has 0 radical (unpaired) electrons. The number of hydrogen-bond donors (Lipinski definition) is 4. The van der Waals surface area contributed by atoms with Crippen LogP contribution in [0.15, 0.2) is 18.2 Å². The van der Waals surface area contributed by atoms with E-state index in [4.69, 9.17) is 4.74 Å². The van der Waals surface area contributed by atoms with Gasteiger partial charge in [-0.1, -0.05) is 45.4 Å². The van der Waals surface area contributed by atoms with Gasteiger partial charge in [0, 0.05) is 37.0 Å². The van der Waals surface area contributed by atoms with E-state index in [1.165, 1.54) is 16.7 Å². The average Bonchev–Trinajstić information content (AvgIpc) is 2.85. The van der Waals surface area contributed by atoms with E-state index >= 15 is 0 Å². The lowest BCUT2D eigenvalue weighted by atomic mass is 9.31. The number of sulfonamides is 1. The third kappa shape index (κ3) is 6.54. The molecule has 6 bridgehead atoms. The fourth-order valence-corrected chi connectivity index (χ4v) is 11.3. The predicted octanol–water partition coefficient (Wildman–Crippen LogP) is 5.09. The number of ether oxygens (including phenoxy) is 1. The standard InChI is InChI=1S/C35H58N4O4S/c1-23-10-8-11-24(2)30(23)28-15-29-37-31(36-28)38-44(41,42)27-13-9-12-25(14-27)17-39(26(18-43-29)16-32(3,4)5)22-34-19-35(20-34,21-34)33(6,7)40/h8,10-11,25-29,31,36-38,40H,9,12-22H2,1-7H3/t25?,26-,27?,28?,29?,31?,34?,35?/m1/s1. The highest BCUT2D eigenvalue weighted by molar-refractivity contribution is 7.90. The zero-order valence-corrected chi connectivity index (χ0v) is 29.0. The molecule has 1 aromatic rings. The van der Waals surface area contributed by atoms with Gasteiger partial charge in [-0.2, -0.15) is 4.72 Å². The van der Waals surface area contributed by atoms with Gasteiger partial charge in [0.25, 0.3) is 0 Å². The minimum absolute atomic E-state index is 0.0321. The quantitative estimate of drug-likeness (QED) is 0.359. The zero-order valence-electron chi connectivity index (χ0n) is 28.2. The van der Waals surface area contributed by atoms with Gasteiger partial charge < -0.3 is 9.84 Å². The second-order valence-corrected chi connectivity index (χ2v) is 19.2. The number of hydrogen-bond acceptors (Lipinski definition) is 7. The van der Waals surface area contributed by atoms with E-state index in [9.17, 15) is 13.5 Å². The maximum absolute atomic E-state index is 13.9. The van der Waals surface area contributed by atoms with Crippen LogP contribution in [0.1, 0.15) is 115 Å². The summed E-state index contributed by atoms with van der Waals surface area (Å²) in [4.78, 5) is 2.70. The van der Waals surface area contributed by atoms with Crippen molar-refractivity contribution in [3.8, 4) is 0 Å². The van der Waals surface area contributed by atoms with Crippen LogP contribution < -0.4 is 15.4 Å². The number of aliphatic hydroxyl groups is 1. The molecule has 4 N–H and O–H groups in total. The van der Waals surface area contributed by atoms with Crippen molar-refractivity contribution in [1.82, 2.24) is 20.3 Å². The van der Waals surface area contributed by atoms with Crippen LogP contribution in [-0.4, -0.2) is 67.5 Å². The zero-order chi connectivity index (χ0) is 31.7. The summed E-state index contributed by atoms with van der Waals surface area (Å²) in [7, 11) is -3.55. The summed E-state index contributed by atoms with van der Waals surface area (Å²) in [6, 6.07) is 6.56. The lowest BCUT2D eigenvalue weighted by Crippen LogP contribution is -2.73. The number of nitrogens with one attached hydrogen (secondary N) is 3. The Morgan fingerprint density at radius 2 is 1.70 bits per heavy atom. The Morgan fingerprint density at radius 1 is 1.02 bits per heavy atom. The van der Waals surface area contributed by atoms with Crippen LogP contribution in [0, 0.1) is 36.0 Å². The van der Waals surface area contributed by atoms with Crippen molar-refractivity contribution < 1.29 is 18.3 Å². The molecule has 7 rings (SSSR count). The molecule has 4 saturated carbocycles. The number of aryl methyl sites for hydroxylation is 2. The first kappa shape index (κ1) is 32.9. The first-order valence-electron chi connectivity index (χ1n) is 17.1. The van der Waals surface area contributed by atoms with Gasteiger partial charge in [0.1, 0.15) is 12.5 Å². The Kier molecular flexibility index (Phi) is 8.64. The largest absolute Gasteiger partial charge is 0.390 e. The van der Waals surface area contributed by atoms with Crippen molar-refractivity contribution in [2.75, 3.05) is 19.7 Å². The van der Waals surface area contributed by atoms with E-state index in [1.54, 1.807) is 0 Å². The van der Waals surface area contributed by atoms with Gasteiger partial charge in [-0.15, -0.1) is 0 Å². The van der Waals surface area contributed by atoms with E-state index < -0.39 is 21.9 Å². The van der Waals surface area contributed by atoms with Crippen molar-refractivity contribution in [2.45, 2.75) is 142 Å². The Hall–Kier alpha value is -1.07. The lowest BCUT2D eigenvalue weighted by molar-refractivity contribution is -0.293. The van der Waals surface area contributed by atoms with Crippen LogP contribution >= 0.6 is 0 Å². The first-order valence-corrected chi connectivity index (χ1v) is 18.7. The fraction of sp³-hybridized carbons (Fsp3) is 0.829. The Balaban J connectivity index is 1.31. The normalized spacial score (nSPS) is 39.6. The summed E-state index contributed by atoms with van der Waals surface area (Å²) in [5.74, 6) is 0.340. The third-order valence-corrected chi connectivity index (χ3v) is 13.7. The molecule has 2 saturated heterocycles. The molecule has 8 nitrogen and oxygen atoms in total. The summed E-state index contributed by atoms with van der Waals surface area (Å²) in [5.41, 5.74) is 3.46. The van der Waals surface area contributed by atoms with E-state index in [1.807, 2.05) is 13.8 Å². The molecule has 0 amide bonds. The average molecular weight is 631 g/mol. The van der Waals surface area contributed by atoms with Crippen LogP contribution in [0.4, 0.5) is 0 Å². The number of benzene rings is 1. The van der Waals surface area contributed by atoms with Gasteiger partial charge in [0.2, 0.25) is 10.0 Å². The topological polar surface area (TPSA) is 103 Å². The monoisotopic (exact) mass is 630 g/mol. The minimum atomic E-state index is -3.55. The molecule has 0 aromatic heterocycles. The highest BCUT2D eigenvalue weighted by atomic mass is 32.2. The fourth-order valence-electron chi connectivity index (χ4n) is 9.65. The molecule has 44 heavy (non-hydrogen) atoms. The van der Waals surface area contributed by atoms with Crippen molar-refractivity contribution in [1.29, 1.82) is 0 Å². The summed E-state index contributed by atoms with van der Waals surface area (Å²) >= 11 is 0. The smallest absolute Gasteiger partial charge is 0.216 e. The molecule has 6 atom stereocenters. The first-order chi connectivity index (χ1) is 20.5. The maximum atomic E-state index is 13.9. The highest BCUT2D eigenvalue weighted by Crippen LogP contribution is 2.77. The van der Waals surface area contributed by atoms with Crippen LogP contribution in [-0.2, 0) is 14.8 Å². The molecule has 0 spiro atoms. The van der Waals surface area contributed by atoms with Crippen molar-refractivity contribution in [3.05, 3.63) is 34.9 Å². The third-order valence-electron chi connectivity index (χ3n) is 11.8. The molecule has 6 fully saturated rings. The van der Waals surface area contributed by atoms with E-state index in [-0.39, 0.29) is 39.8 Å². The molecular weight excluding hydrogens is 572 g/mol. The highest BCUT2D eigenvalue weighted by Gasteiger charge is 2.72. The minimum Gasteiger partial charge on any atom is -0.390 e. The van der Waals surface area contributed by atoms with Crippen molar-refractivity contribution in [2.24, 2.45) is 22.2 Å². The second kappa shape index (κ2) is 11.6. The van der Waals surface area contributed by atoms with Gasteiger partial charge in [-0.3, -0.25) is 15.5 Å². The van der Waals surface area contributed by atoms with Crippen molar-refractivity contribution in [3.63, 3.8) is 0 Å². The van der Waals surface area contributed by atoms with Gasteiger partial charge >= 0.3 is 0 Å². The van der Waals surface area contributed by atoms with E-state index in [0.717, 1.165) is 58.0 Å². The van der Waals surface area contributed by atoms with Crippen LogP contribution in [0.3, 0.4) is 0 Å². The molecular formula is C35H58N4O4S. The predicted molar refractivity (Wildman–Crippen MR) is 175 cm³/mol.